The minimum absolute atomic E-state index is 0.0137. The van der Waals surface area contributed by atoms with Gasteiger partial charge in [-0.05, 0) is 18.4 Å². The van der Waals surface area contributed by atoms with E-state index in [2.05, 4.69) is 5.32 Å². The van der Waals surface area contributed by atoms with Crippen molar-refractivity contribution in [2.24, 2.45) is 0 Å². The number of nitrogens with zero attached hydrogens (tertiary/aromatic N) is 1. The van der Waals surface area contributed by atoms with Crippen LogP contribution < -0.4 is 5.32 Å². The topological polar surface area (TPSA) is 112 Å². The number of hydrogen-bond acceptors (Lipinski definition) is 6. The summed E-state index contributed by atoms with van der Waals surface area (Å²) in [6, 6.07) is 17.1. The van der Waals surface area contributed by atoms with Crippen LogP contribution in [0.5, 0.6) is 0 Å². The van der Waals surface area contributed by atoms with E-state index in [1.807, 2.05) is 36.4 Å². The van der Waals surface area contributed by atoms with Crippen molar-refractivity contribution in [1.29, 1.82) is 0 Å². The van der Waals surface area contributed by atoms with Crippen LogP contribution in [0.3, 0.4) is 0 Å². The van der Waals surface area contributed by atoms with E-state index < -0.39 is 23.4 Å². The Morgan fingerprint density at radius 3 is 2.57 bits per heavy atom. The number of esters is 1. The number of nitrogens with one attached hydrogen (secondary N) is 1. The molecule has 0 radical (unpaired) electrons. The molecule has 3 aromatic carbocycles. The van der Waals surface area contributed by atoms with Crippen LogP contribution >= 0.6 is 0 Å². The summed E-state index contributed by atoms with van der Waals surface area (Å²) in [6.45, 7) is 1.13. The normalized spacial score (nSPS) is 10.8. The number of amides is 1. The molecular formula is C22H16N2O6. The van der Waals surface area contributed by atoms with E-state index in [0.29, 0.717) is 11.1 Å². The third-order valence-corrected chi connectivity index (χ3v) is 4.72. The van der Waals surface area contributed by atoms with Gasteiger partial charge in [0.1, 0.15) is 11.3 Å². The van der Waals surface area contributed by atoms with Gasteiger partial charge in [-0.1, -0.05) is 48.5 Å². The van der Waals surface area contributed by atoms with Crippen LogP contribution in [0.4, 0.5) is 11.4 Å². The van der Waals surface area contributed by atoms with Crippen LogP contribution in [0.25, 0.3) is 21.7 Å². The summed E-state index contributed by atoms with van der Waals surface area (Å²) in [5, 5.41) is 16.0. The molecule has 1 heterocycles. The second-order valence-corrected chi connectivity index (χ2v) is 6.62. The van der Waals surface area contributed by atoms with Crippen LogP contribution in [-0.4, -0.2) is 23.4 Å². The van der Waals surface area contributed by atoms with Crippen molar-refractivity contribution in [2.75, 3.05) is 11.9 Å². The van der Waals surface area contributed by atoms with Gasteiger partial charge < -0.3 is 14.5 Å². The number of carbonyl (C=O) groups is 2. The van der Waals surface area contributed by atoms with Crippen molar-refractivity contribution in [3.63, 3.8) is 0 Å². The lowest BCUT2D eigenvalue weighted by atomic mass is 10.1. The first-order valence-electron chi connectivity index (χ1n) is 9.07. The molecule has 0 saturated carbocycles. The molecule has 1 amide bonds. The van der Waals surface area contributed by atoms with E-state index in [0.717, 1.165) is 16.2 Å². The van der Waals surface area contributed by atoms with E-state index in [4.69, 9.17) is 9.15 Å². The molecule has 0 unspecified atom stereocenters. The SMILES string of the molecule is Cc1c(C(=O)OCC(=O)Nc2ccccc2[N+](=O)[O-])oc2c1ccc1ccccc12. The van der Waals surface area contributed by atoms with E-state index in [9.17, 15) is 19.7 Å². The second kappa shape index (κ2) is 7.67. The van der Waals surface area contributed by atoms with Crippen LogP contribution in [0, 0.1) is 17.0 Å². The van der Waals surface area contributed by atoms with Gasteiger partial charge in [0.15, 0.2) is 6.61 Å². The van der Waals surface area contributed by atoms with Gasteiger partial charge in [0, 0.05) is 22.4 Å². The first kappa shape index (κ1) is 19.1. The number of nitro benzene ring substituents is 1. The minimum atomic E-state index is -0.787. The molecule has 1 N–H and O–H groups in total. The summed E-state index contributed by atoms with van der Waals surface area (Å²) in [5.41, 5.74) is 0.953. The van der Waals surface area contributed by atoms with Gasteiger partial charge in [-0.25, -0.2) is 4.79 Å². The Balaban J connectivity index is 1.51. The molecular weight excluding hydrogens is 388 g/mol. The molecule has 0 spiro atoms. The van der Waals surface area contributed by atoms with Crippen molar-refractivity contribution in [3.05, 3.63) is 82.1 Å². The largest absolute Gasteiger partial charge is 0.450 e. The average Bonchev–Trinajstić information content (AvgIpc) is 3.09. The molecule has 150 valence electrons. The summed E-state index contributed by atoms with van der Waals surface area (Å²) in [6.07, 6.45) is 0. The maximum Gasteiger partial charge on any atom is 0.375 e. The smallest absolute Gasteiger partial charge is 0.375 e. The maximum absolute atomic E-state index is 12.5. The lowest BCUT2D eigenvalue weighted by Crippen LogP contribution is -2.21. The quantitative estimate of drug-likeness (QED) is 0.296. The molecule has 0 bridgehead atoms. The molecule has 1 aromatic heterocycles. The van der Waals surface area contributed by atoms with E-state index >= 15 is 0 Å². The third kappa shape index (κ3) is 3.46. The summed E-state index contributed by atoms with van der Waals surface area (Å²) in [5.74, 6) is -1.47. The Bertz CT molecular complexity index is 1310. The fourth-order valence-corrected chi connectivity index (χ4v) is 3.27. The highest BCUT2D eigenvalue weighted by Crippen LogP contribution is 2.32. The predicted octanol–water partition coefficient (Wildman–Crippen LogP) is 4.60. The molecule has 8 heteroatoms. The number of hydrogen-bond donors (Lipinski definition) is 1. The van der Waals surface area contributed by atoms with Gasteiger partial charge in [0.05, 0.1) is 4.92 Å². The first-order chi connectivity index (χ1) is 14.5. The molecule has 0 aliphatic heterocycles. The zero-order valence-electron chi connectivity index (χ0n) is 15.9. The Hall–Kier alpha value is -4.20. The van der Waals surface area contributed by atoms with E-state index in [1.54, 1.807) is 13.0 Å². The Kier molecular flexibility index (Phi) is 4.89. The highest BCUT2D eigenvalue weighted by Gasteiger charge is 2.22. The summed E-state index contributed by atoms with van der Waals surface area (Å²) in [4.78, 5) is 35.0. The predicted molar refractivity (Wildman–Crippen MR) is 110 cm³/mol. The van der Waals surface area contributed by atoms with E-state index in [1.165, 1.54) is 18.2 Å². The van der Waals surface area contributed by atoms with Gasteiger partial charge in [-0.15, -0.1) is 0 Å². The number of aryl methyl sites for hydroxylation is 1. The van der Waals surface area contributed by atoms with Gasteiger partial charge in [0.25, 0.3) is 11.6 Å². The molecule has 4 rings (SSSR count). The molecule has 0 aliphatic carbocycles. The maximum atomic E-state index is 12.5. The van der Waals surface area contributed by atoms with Gasteiger partial charge >= 0.3 is 5.97 Å². The molecule has 4 aromatic rings. The molecule has 30 heavy (non-hydrogen) atoms. The standard InChI is InChI=1S/C22H16N2O6/c1-13-15-11-10-14-6-2-3-7-16(14)21(15)30-20(13)22(26)29-12-19(25)23-17-8-4-5-9-18(17)24(27)28/h2-11H,12H2,1H3,(H,23,25). The number of rotatable bonds is 5. The van der Waals surface area contributed by atoms with Gasteiger partial charge in [-0.2, -0.15) is 0 Å². The number of anilines is 1. The van der Waals surface area contributed by atoms with Crippen molar-refractivity contribution in [1.82, 2.24) is 0 Å². The summed E-state index contributed by atoms with van der Waals surface area (Å²) >= 11 is 0. The molecule has 8 nitrogen and oxygen atoms in total. The summed E-state index contributed by atoms with van der Waals surface area (Å²) in [7, 11) is 0. The lowest BCUT2D eigenvalue weighted by molar-refractivity contribution is -0.383. The molecule has 0 saturated heterocycles. The first-order valence-corrected chi connectivity index (χ1v) is 9.07. The molecule has 0 atom stereocenters. The lowest BCUT2D eigenvalue weighted by Gasteiger charge is -2.06. The van der Waals surface area contributed by atoms with Crippen LogP contribution in [0.15, 0.2) is 65.1 Å². The Labute approximate surface area is 170 Å². The fourth-order valence-electron chi connectivity index (χ4n) is 3.27. The monoisotopic (exact) mass is 404 g/mol. The number of fused-ring (bicyclic) bond motifs is 3. The highest BCUT2D eigenvalue weighted by atomic mass is 16.6. The van der Waals surface area contributed by atoms with Crippen molar-refractivity contribution in [2.45, 2.75) is 6.92 Å². The zero-order chi connectivity index (χ0) is 21.3. The van der Waals surface area contributed by atoms with E-state index in [-0.39, 0.29) is 17.1 Å². The Morgan fingerprint density at radius 1 is 1.03 bits per heavy atom. The average molecular weight is 404 g/mol. The number of para-hydroxylation sites is 2. The number of nitro groups is 1. The van der Waals surface area contributed by atoms with Gasteiger partial charge in [-0.3, -0.25) is 14.9 Å². The van der Waals surface area contributed by atoms with Crippen LogP contribution in [0.2, 0.25) is 0 Å². The van der Waals surface area contributed by atoms with Crippen LogP contribution in [0.1, 0.15) is 16.1 Å². The number of ether oxygens (including phenoxy) is 1. The van der Waals surface area contributed by atoms with Crippen molar-refractivity contribution >= 4 is 45.0 Å². The number of furan rings is 1. The number of benzene rings is 3. The molecule has 0 aliphatic rings. The molecule has 0 fully saturated rings. The zero-order valence-corrected chi connectivity index (χ0v) is 15.9. The van der Waals surface area contributed by atoms with Crippen LogP contribution in [-0.2, 0) is 9.53 Å². The second-order valence-electron chi connectivity index (χ2n) is 6.62. The highest BCUT2D eigenvalue weighted by molar-refractivity contribution is 6.08. The van der Waals surface area contributed by atoms with Crippen molar-refractivity contribution in [3.8, 4) is 0 Å². The number of carbonyl (C=O) groups excluding carboxylic acids is 2. The summed E-state index contributed by atoms with van der Waals surface area (Å²) < 4.78 is 10.8. The van der Waals surface area contributed by atoms with Crippen molar-refractivity contribution < 1.29 is 23.7 Å². The third-order valence-electron chi connectivity index (χ3n) is 4.72. The Morgan fingerprint density at radius 2 is 1.77 bits per heavy atom. The minimum Gasteiger partial charge on any atom is -0.450 e. The fraction of sp³-hybridized carbons (Fsp3) is 0.0909. The van der Waals surface area contributed by atoms with Gasteiger partial charge in [0.2, 0.25) is 5.76 Å².